The first kappa shape index (κ1) is 18.5. The zero-order valence-electron chi connectivity index (χ0n) is 15.3. The van der Waals surface area contributed by atoms with Crippen LogP contribution in [0.2, 0.25) is 43.8 Å². The van der Waals surface area contributed by atoms with Gasteiger partial charge in [0.1, 0.15) is 0 Å². The molecule has 0 saturated heterocycles. The van der Waals surface area contributed by atoms with Crippen molar-refractivity contribution in [2.75, 3.05) is 0 Å². The molecule has 1 rings (SSSR count). The second-order valence-electron chi connectivity index (χ2n) is 9.16. The van der Waals surface area contributed by atoms with Crippen molar-refractivity contribution >= 4 is 16.4 Å². The predicted octanol–water partition coefficient (Wildman–Crippen LogP) is 5.92. The van der Waals surface area contributed by atoms with Crippen LogP contribution in [-0.4, -0.2) is 16.4 Å². The van der Waals surface area contributed by atoms with Crippen LogP contribution < -0.4 is 0 Å². The summed E-state index contributed by atoms with van der Waals surface area (Å²) in [6.07, 6.45) is 3.29. The molecule has 4 heteroatoms. The van der Waals surface area contributed by atoms with Crippen molar-refractivity contribution in [3.05, 3.63) is 11.3 Å². The van der Waals surface area contributed by atoms with Crippen LogP contribution >= 0.6 is 0 Å². The maximum absolute atomic E-state index is 9.67. The summed E-state index contributed by atoms with van der Waals surface area (Å²) in [6.45, 7) is 18.5. The van der Waals surface area contributed by atoms with E-state index in [0.29, 0.717) is 5.92 Å². The van der Waals surface area contributed by atoms with Crippen LogP contribution in [0.25, 0.3) is 0 Å². The van der Waals surface area contributed by atoms with Crippen molar-refractivity contribution in [3.63, 3.8) is 0 Å². The minimum absolute atomic E-state index is 0.187. The zero-order chi connectivity index (χ0) is 16.5. The van der Waals surface area contributed by atoms with E-state index in [-0.39, 0.29) is 5.04 Å². The minimum Gasteiger partial charge on any atom is -0.546 e. The third kappa shape index (κ3) is 5.00. The Hall–Kier alpha value is -0.536. The van der Waals surface area contributed by atoms with Gasteiger partial charge in [0.2, 0.25) is 8.32 Å². The molecule has 0 aromatic rings. The van der Waals surface area contributed by atoms with Crippen molar-refractivity contribution < 1.29 is 4.43 Å². The number of hydrogen-bond acceptors (Lipinski definition) is 2. The number of rotatable bonds is 4. The number of allylic oxidation sites excluding steroid dienone is 2. The van der Waals surface area contributed by atoms with Gasteiger partial charge in [-0.25, -0.2) is 0 Å². The molecule has 120 valence electrons. The minimum atomic E-state index is -1.84. The van der Waals surface area contributed by atoms with Gasteiger partial charge in [0.25, 0.3) is 0 Å². The fourth-order valence-corrected chi connectivity index (χ4v) is 5.70. The Kier molecular flexibility index (Phi) is 5.55. The van der Waals surface area contributed by atoms with E-state index in [0.717, 1.165) is 24.2 Å². The van der Waals surface area contributed by atoms with Gasteiger partial charge in [-0.1, -0.05) is 40.4 Å². The molecular weight excluding hydrogens is 290 g/mol. The topological polar surface area (TPSA) is 33.0 Å². The highest BCUT2D eigenvalue weighted by atomic mass is 28.4. The van der Waals surface area contributed by atoms with Crippen molar-refractivity contribution in [1.29, 1.82) is 5.26 Å². The average molecular weight is 324 g/mol. The van der Waals surface area contributed by atoms with Crippen molar-refractivity contribution in [2.24, 2.45) is 5.92 Å². The van der Waals surface area contributed by atoms with Gasteiger partial charge in [0.15, 0.2) is 0 Å². The van der Waals surface area contributed by atoms with Gasteiger partial charge in [-0.3, -0.25) is 0 Å². The molecule has 2 nitrogen and oxygen atoms in total. The number of hydrogen-bond donors (Lipinski definition) is 0. The highest BCUT2D eigenvalue weighted by molar-refractivity contribution is 6.76. The molecule has 0 saturated carbocycles. The average Bonchev–Trinajstić information content (AvgIpc) is 2.25. The third-order valence-electron chi connectivity index (χ3n) is 4.83. The Morgan fingerprint density at radius 2 is 1.76 bits per heavy atom. The smallest absolute Gasteiger partial charge is 0.250 e. The monoisotopic (exact) mass is 323 g/mol. The summed E-state index contributed by atoms with van der Waals surface area (Å²) >= 11 is 0. The fraction of sp³-hybridized carbons (Fsp3) is 0.824. The van der Waals surface area contributed by atoms with Crippen LogP contribution in [0.3, 0.4) is 0 Å². The molecule has 0 amide bonds. The molecule has 0 heterocycles. The quantitative estimate of drug-likeness (QED) is 0.601. The van der Waals surface area contributed by atoms with E-state index < -0.39 is 16.4 Å². The Morgan fingerprint density at radius 3 is 2.19 bits per heavy atom. The summed E-state index contributed by atoms with van der Waals surface area (Å²) in [5, 5.41) is 9.86. The molecule has 0 aromatic heterocycles. The second-order valence-corrected chi connectivity index (χ2v) is 19.4. The van der Waals surface area contributed by atoms with Gasteiger partial charge in [0, 0.05) is 14.5 Å². The van der Waals surface area contributed by atoms with E-state index in [1.807, 2.05) is 0 Å². The summed E-state index contributed by atoms with van der Waals surface area (Å²) in [5.41, 5.74) is 0.966. The lowest BCUT2D eigenvalue weighted by molar-refractivity contribution is 0.332. The van der Waals surface area contributed by atoms with E-state index in [9.17, 15) is 5.26 Å². The highest BCUT2D eigenvalue weighted by Crippen LogP contribution is 2.42. The fourth-order valence-electron chi connectivity index (χ4n) is 2.68. The predicted molar refractivity (Wildman–Crippen MR) is 96.4 cm³/mol. The molecule has 1 aliphatic carbocycles. The normalized spacial score (nSPS) is 21.2. The summed E-state index contributed by atoms with van der Waals surface area (Å²) in [5.74, 6) is 1.47. The van der Waals surface area contributed by atoms with Gasteiger partial charge < -0.3 is 4.43 Å². The Balaban J connectivity index is 3.05. The lowest BCUT2D eigenvalue weighted by atomic mass is 9.88. The van der Waals surface area contributed by atoms with Gasteiger partial charge in [-0.05, 0) is 42.9 Å². The van der Waals surface area contributed by atoms with Crippen molar-refractivity contribution in [2.45, 2.75) is 83.9 Å². The van der Waals surface area contributed by atoms with Crippen molar-refractivity contribution in [1.82, 2.24) is 0 Å². The van der Waals surface area contributed by atoms with Crippen LogP contribution in [0.15, 0.2) is 11.3 Å². The second kappa shape index (κ2) is 6.30. The van der Waals surface area contributed by atoms with Crippen LogP contribution in [-0.2, 0) is 4.43 Å². The molecule has 0 fully saturated rings. The Bertz CT molecular complexity index is 447. The summed E-state index contributed by atoms with van der Waals surface area (Å²) in [6, 6.07) is 3.71. The molecule has 0 radical (unpaired) electrons. The molecule has 0 aliphatic heterocycles. The zero-order valence-corrected chi connectivity index (χ0v) is 17.3. The van der Waals surface area contributed by atoms with Gasteiger partial charge in [-0.15, -0.1) is 0 Å². The Morgan fingerprint density at radius 1 is 1.19 bits per heavy atom. The maximum Gasteiger partial charge on any atom is 0.250 e. The Labute approximate surface area is 133 Å². The molecule has 0 spiro atoms. The summed E-state index contributed by atoms with van der Waals surface area (Å²) in [4.78, 5) is 0. The van der Waals surface area contributed by atoms with E-state index in [1.165, 1.54) is 12.5 Å². The molecule has 0 aromatic carbocycles. The standard InChI is InChI=1S/C17H33NOSi2/c1-17(2,3)21(7,8)19-16-11-9-10-14(15(16)12-18)13-20(4,5)6/h14H,9-11,13H2,1-8H3. The molecule has 1 aliphatic rings. The van der Waals surface area contributed by atoms with E-state index in [2.05, 4.69) is 59.6 Å². The van der Waals surface area contributed by atoms with E-state index >= 15 is 0 Å². The number of nitrogens with zero attached hydrogens (tertiary/aromatic N) is 1. The van der Waals surface area contributed by atoms with Crippen molar-refractivity contribution in [3.8, 4) is 6.07 Å². The van der Waals surface area contributed by atoms with E-state index in [4.69, 9.17) is 4.43 Å². The lowest BCUT2D eigenvalue weighted by Gasteiger charge is -2.39. The van der Waals surface area contributed by atoms with Gasteiger partial charge in [0.05, 0.1) is 17.4 Å². The molecule has 0 bridgehead atoms. The van der Waals surface area contributed by atoms with Crippen LogP contribution in [0.1, 0.15) is 40.0 Å². The summed E-state index contributed by atoms with van der Waals surface area (Å²) in [7, 11) is -2.99. The third-order valence-corrected chi connectivity index (χ3v) is 10.9. The van der Waals surface area contributed by atoms with Crippen LogP contribution in [0.4, 0.5) is 0 Å². The molecule has 1 unspecified atom stereocenters. The first-order valence-electron chi connectivity index (χ1n) is 8.19. The first-order chi connectivity index (χ1) is 9.37. The maximum atomic E-state index is 9.67. The van der Waals surface area contributed by atoms with Crippen LogP contribution in [0, 0.1) is 17.2 Å². The number of nitriles is 1. The first-order valence-corrected chi connectivity index (χ1v) is 14.8. The molecule has 1 atom stereocenters. The van der Waals surface area contributed by atoms with Gasteiger partial charge >= 0.3 is 0 Å². The molecular formula is C17H33NOSi2. The lowest BCUT2D eigenvalue weighted by Crippen LogP contribution is -2.41. The van der Waals surface area contributed by atoms with Gasteiger partial charge in [-0.2, -0.15) is 5.26 Å². The highest BCUT2D eigenvalue weighted by Gasteiger charge is 2.41. The van der Waals surface area contributed by atoms with Crippen LogP contribution in [0.5, 0.6) is 0 Å². The SMILES string of the molecule is CC(C)(C)[Si](C)(C)OC1=C(C#N)C(C[Si](C)(C)C)CCC1. The molecule has 21 heavy (non-hydrogen) atoms. The summed E-state index contributed by atoms with van der Waals surface area (Å²) < 4.78 is 6.50. The molecule has 0 N–H and O–H groups in total. The largest absolute Gasteiger partial charge is 0.546 e. The van der Waals surface area contributed by atoms with E-state index in [1.54, 1.807) is 0 Å².